The number of aromatic amines is 1. The third-order valence-corrected chi connectivity index (χ3v) is 6.79. The highest BCUT2D eigenvalue weighted by molar-refractivity contribution is 5.97. The van der Waals surface area contributed by atoms with E-state index in [0.717, 1.165) is 28.9 Å². The lowest BCUT2D eigenvalue weighted by Gasteiger charge is -2.41. The van der Waals surface area contributed by atoms with Crippen molar-refractivity contribution in [2.45, 2.75) is 25.3 Å². The van der Waals surface area contributed by atoms with Crippen molar-refractivity contribution < 1.29 is 14.3 Å². The molecule has 1 aliphatic heterocycles. The number of hydrogen-bond acceptors (Lipinski definition) is 3. The fraction of sp³-hybridized carbons (Fsp3) is 0.241. The van der Waals surface area contributed by atoms with Gasteiger partial charge in [-0.15, -0.1) is 0 Å². The van der Waals surface area contributed by atoms with Crippen LogP contribution in [0.2, 0.25) is 0 Å². The summed E-state index contributed by atoms with van der Waals surface area (Å²) in [5.74, 6) is 0.373. The van der Waals surface area contributed by atoms with Gasteiger partial charge in [-0.3, -0.25) is 9.59 Å². The molecule has 6 heteroatoms. The van der Waals surface area contributed by atoms with Gasteiger partial charge < -0.3 is 19.9 Å². The number of rotatable bonds is 7. The van der Waals surface area contributed by atoms with E-state index >= 15 is 0 Å². The average Bonchev–Trinajstić information content (AvgIpc) is 3.32. The number of hydrogen-bond donors (Lipinski definition) is 2. The number of nitrogens with zero attached hydrogens (tertiary/aromatic N) is 1. The van der Waals surface area contributed by atoms with Crippen molar-refractivity contribution in [2.24, 2.45) is 5.92 Å². The van der Waals surface area contributed by atoms with Crippen LogP contribution in [0.4, 0.5) is 5.69 Å². The topological polar surface area (TPSA) is 74.4 Å². The molecule has 5 rings (SSSR count). The van der Waals surface area contributed by atoms with Gasteiger partial charge in [0, 0.05) is 35.8 Å². The van der Waals surface area contributed by atoms with Gasteiger partial charge in [-0.25, -0.2) is 0 Å². The molecular weight excluding hydrogens is 438 g/mol. The zero-order chi connectivity index (χ0) is 24.2. The first-order valence-corrected chi connectivity index (χ1v) is 12.0. The fourth-order valence-corrected chi connectivity index (χ4v) is 5.04. The molecule has 3 aromatic carbocycles. The molecule has 0 bridgehead atoms. The second-order valence-electron chi connectivity index (χ2n) is 8.86. The molecule has 1 aromatic heterocycles. The quantitative estimate of drug-likeness (QED) is 0.401. The van der Waals surface area contributed by atoms with Crippen LogP contribution in [0.25, 0.3) is 10.9 Å². The maximum Gasteiger partial charge on any atom is 0.227 e. The van der Waals surface area contributed by atoms with Crippen LogP contribution in [0.1, 0.15) is 30.0 Å². The molecular formula is C29H29N3O3. The van der Waals surface area contributed by atoms with Crippen molar-refractivity contribution in [1.29, 1.82) is 0 Å². The number of fused-ring (bicyclic) bond motifs is 1. The van der Waals surface area contributed by atoms with E-state index in [9.17, 15) is 9.59 Å². The summed E-state index contributed by atoms with van der Waals surface area (Å²) in [6, 6.07) is 25.1. The summed E-state index contributed by atoms with van der Waals surface area (Å²) in [7, 11) is 1.62. The van der Waals surface area contributed by atoms with Crippen molar-refractivity contribution in [1.82, 2.24) is 10.3 Å². The van der Waals surface area contributed by atoms with Crippen molar-refractivity contribution in [3.05, 3.63) is 96.2 Å². The van der Waals surface area contributed by atoms with Gasteiger partial charge in [-0.2, -0.15) is 0 Å². The first-order valence-electron chi connectivity index (χ1n) is 12.0. The van der Waals surface area contributed by atoms with Crippen molar-refractivity contribution in [2.75, 3.05) is 18.6 Å². The van der Waals surface area contributed by atoms with E-state index in [2.05, 4.69) is 22.4 Å². The minimum Gasteiger partial charge on any atom is -0.497 e. The highest BCUT2D eigenvalue weighted by atomic mass is 16.5. The van der Waals surface area contributed by atoms with Crippen molar-refractivity contribution >= 4 is 28.4 Å². The van der Waals surface area contributed by atoms with Crippen LogP contribution in [0.5, 0.6) is 5.75 Å². The Morgan fingerprint density at radius 2 is 1.77 bits per heavy atom. The molecule has 2 amide bonds. The van der Waals surface area contributed by atoms with Crippen molar-refractivity contribution in [3.63, 3.8) is 0 Å². The Bertz CT molecular complexity index is 1310. The van der Waals surface area contributed by atoms with E-state index < -0.39 is 0 Å². The second kappa shape index (κ2) is 10.1. The second-order valence-corrected chi connectivity index (χ2v) is 8.86. The van der Waals surface area contributed by atoms with E-state index in [4.69, 9.17) is 4.74 Å². The summed E-state index contributed by atoms with van der Waals surface area (Å²) >= 11 is 0. The first kappa shape index (κ1) is 22.7. The minimum atomic E-state index is -0.376. The summed E-state index contributed by atoms with van der Waals surface area (Å²) in [6.07, 6.45) is 3.59. The Morgan fingerprint density at radius 1 is 1.03 bits per heavy atom. The zero-order valence-electron chi connectivity index (χ0n) is 19.7. The molecule has 1 fully saturated rings. The summed E-state index contributed by atoms with van der Waals surface area (Å²) in [6.45, 7) is 0.537. The smallest absolute Gasteiger partial charge is 0.227 e. The molecule has 0 saturated carbocycles. The summed E-state index contributed by atoms with van der Waals surface area (Å²) < 4.78 is 5.29. The summed E-state index contributed by atoms with van der Waals surface area (Å²) in [4.78, 5) is 31.7. The predicted molar refractivity (Wildman–Crippen MR) is 137 cm³/mol. The van der Waals surface area contributed by atoms with Gasteiger partial charge in [-0.05, 0) is 54.3 Å². The third kappa shape index (κ3) is 4.64. The monoisotopic (exact) mass is 467 g/mol. The lowest BCUT2D eigenvalue weighted by molar-refractivity contribution is -0.129. The molecule has 35 heavy (non-hydrogen) atoms. The first-order chi connectivity index (χ1) is 17.2. The molecule has 178 valence electrons. The van der Waals surface area contributed by atoms with E-state index in [1.54, 1.807) is 12.0 Å². The van der Waals surface area contributed by atoms with Gasteiger partial charge in [-0.1, -0.05) is 48.5 Å². The number of H-pyrrole nitrogens is 1. The van der Waals surface area contributed by atoms with Crippen LogP contribution in [0.3, 0.4) is 0 Å². The summed E-state index contributed by atoms with van der Waals surface area (Å²) in [5.41, 5.74) is 3.99. The maximum absolute atomic E-state index is 13.5. The lowest BCUT2D eigenvalue weighted by Crippen LogP contribution is -2.48. The van der Waals surface area contributed by atoms with Crippen molar-refractivity contribution in [3.8, 4) is 5.75 Å². The summed E-state index contributed by atoms with van der Waals surface area (Å²) in [5, 5.41) is 4.33. The normalized spacial score (nSPS) is 18.0. The van der Waals surface area contributed by atoms with Gasteiger partial charge in [0.05, 0.1) is 19.1 Å². The Labute approximate surface area is 204 Å². The van der Waals surface area contributed by atoms with Gasteiger partial charge in [0.2, 0.25) is 11.8 Å². The molecule has 2 N–H and O–H groups in total. The number of benzene rings is 3. The Hall–Kier alpha value is -4.06. The molecule has 4 aromatic rings. The number of piperidine rings is 1. The Morgan fingerprint density at radius 3 is 2.54 bits per heavy atom. The van der Waals surface area contributed by atoms with Crippen LogP contribution in [0, 0.1) is 5.92 Å². The van der Waals surface area contributed by atoms with Crippen LogP contribution in [-0.4, -0.2) is 30.5 Å². The Balaban J connectivity index is 1.37. The molecule has 1 saturated heterocycles. The number of methoxy groups -OCH3 is 1. The lowest BCUT2D eigenvalue weighted by atomic mass is 9.83. The maximum atomic E-state index is 13.5. The van der Waals surface area contributed by atoms with Gasteiger partial charge >= 0.3 is 0 Å². The van der Waals surface area contributed by atoms with Gasteiger partial charge in [0.25, 0.3) is 0 Å². The van der Waals surface area contributed by atoms with Crippen LogP contribution in [-0.2, 0) is 16.0 Å². The minimum absolute atomic E-state index is 0.0202. The number of nitrogens with one attached hydrogen (secondary N) is 2. The van der Waals surface area contributed by atoms with Crippen LogP contribution < -0.4 is 15.0 Å². The molecule has 6 nitrogen and oxygen atoms in total. The van der Waals surface area contributed by atoms with E-state index in [1.807, 2.05) is 72.9 Å². The van der Waals surface area contributed by atoms with Crippen LogP contribution >= 0.6 is 0 Å². The van der Waals surface area contributed by atoms with Crippen LogP contribution in [0.15, 0.2) is 85.1 Å². The van der Waals surface area contributed by atoms with E-state index in [1.165, 1.54) is 10.9 Å². The fourth-order valence-electron chi connectivity index (χ4n) is 5.04. The van der Waals surface area contributed by atoms with E-state index in [0.29, 0.717) is 19.4 Å². The number of carbonyl (C=O) groups is 2. The number of amides is 2. The number of aromatic nitrogens is 1. The molecule has 2 heterocycles. The number of anilines is 1. The molecule has 1 aliphatic rings. The third-order valence-electron chi connectivity index (χ3n) is 6.79. The zero-order valence-corrected chi connectivity index (χ0v) is 19.7. The van der Waals surface area contributed by atoms with E-state index in [-0.39, 0.29) is 23.8 Å². The highest BCUT2D eigenvalue weighted by Crippen LogP contribution is 2.40. The molecule has 0 spiro atoms. The Kier molecular flexibility index (Phi) is 6.53. The van der Waals surface area contributed by atoms with Gasteiger partial charge in [0.15, 0.2) is 0 Å². The number of ether oxygens (including phenoxy) is 1. The molecule has 2 unspecified atom stereocenters. The largest absolute Gasteiger partial charge is 0.497 e. The van der Waals surface area contributed by atoms with Gasteiger partial charge in [0.1, 0.15) is 5.75 Å². The SMILES string of the molecule is COc1ccc(N2C(=O)CCC(C(=O)NCCc3c[nH]c4ccccc34)C2c2ccccc2)cc1. The molecule has 0 aliphatic carbocycles. The number of para-hydroxylation sites is 1. The average molecular weight is 468 g/mol. The predicted octanol–water partition coefficient (Wildman–Crippen LogP) is 5.02. The highest BCUT2D eigenvalue weighted by Gasteiger charge is 2.41. The molecule has 2 atom stereocenters. The molecule has 0 radical (unpaired) electrons. The number of carbonyl (C=O) groups excluding carboxylic acids is 2. The standard InChI is InChI=1S/C29H29N3O3/c1-35-23-13-11-22(12-14-23)32-27(33)16-15-25(28(32)20-7-3-2-4-8-20)29(34)30-18-17-21-19-31-26-10-6-5-9-24(21)26/h2-14,19,25,28,31H,15-18H2,1H3,(H,30,34).